The molecular formula is C23H18F2N8O2. The number of alkyl halides is 2. The van der Waals surface area contributed by atoms with Crippen molar-refractivity contribution in [1.29, 1.82) is 0 Å². The van der Waals surface area contributed by atoms with Crippen LogP contribution in [-0.2, 0) is 13.6 Å². The van der Waals surface area contributed by atoms with Crippen molar-refractivity contribution in [3.05, 3.63) is 60.3 Å². The molecule has 0 spiro atoms. The molecule has 6 rings (SSSR count). The number of anilines is 3. The molecule has 35 heavy (non-hydrogen) atoms. The van der Waals surface area contributed by atoms with E-state index in [1.807, 2.05) is 31.4 Å². The standard InChI is InChI=1S/C23H18F2N8O2/c1-31-10-14-8-15(3-5-17(14)29-31)32-11-13-2-7-21(35-12-20(24)25)26-22(13)33(23(32)34)16-4-6-18-19(9-16)28-30-27-18/h2-10,20H,11-12H2,1H3,(H,27,28,30). The Balaban J connectivity index is 1.46. The number of ether oxygens (including phenoxy) is 1. The minimum absolute atomic E-state index is 0.00888. The number of pyridine rings is 1. The number of aromatic nitrogens is 6. The number of urea groups is 1. The molecule has 0 fully saturated rings. The van der Waals surface area contributed by atoms with Crippen LogP contribution in [0.2, 0.25) is 0 Å². The molecule has 0 saturated heterocycles. The third kappa shape index (κ3) is 3.68. The molecule has 0 atom stereocenters. The Morgan fingerprint density at radius 3 is 2.69 bits per heavy atom. The summed E-state index contributed by atoms with van der Waals surface area (Å²) in [5.74, 6) is 0.318. The van der Waals surface area contributed by atoms with Crippen molar-refractivity contribution in [1.82, 2.24) is 30.2 Å². The fourth-order valence-corrected chi connectivity index (χ4v) is 4.16. The minimum atomic E-state index is -2.64. The van der Waals surface area contributed by atoms with E-state index >= 15 is 0 Å². The Bertz CT molecular complexity index is 1580. The molecule has 4 heterocycles. The zero-order valence-electron chi connectivity index (χ0n) is 18.4. The Hall–Kier alpha value is -4.61. The predicted octanol–water partition coefficient (Wildman–Crippen LogP) is 4.16. The molecule has 0 aliphatic carbocycles. The van der Waals surface area contributed by atoms with Gasteiger partial charge in [0, 0.05) is 35.9 Å². The molecular weight excluding hydrogens is 458 g/mol. The number of H-pyrrole nitrogens is 1. The molecule has 1 aliphatic rings. The highest BCUT2D eigenvalue weighted by molar-refractivity contribution is 6.11. The Labute approximate surface area is 196 Å². The Kier molecular flexibility index (Phi) is 4.80. The molecule has 0 unspecified atom stereocenters. The molecule has 176 valence electrons. The average Bonchev–Trinajstić information content (AvgIpc) is 3.46. The van der Waals surface area contributed by atoms with Gasteiger partial charge in [-0.1, -0.05) is 0 Å². The SMILES string of the molecule is Cn1cc2cc(N3Cc4ccc(OCC(F)F)nc4N(c4ccc5n[nH]nc5c4)C3=O)ccc2n1. The first-order valence-electron chi connectivity index (χ1n) is 10.7. The highest BCUT2D eigenvalue weighted by Gasteiger charge is 2.34. The molecule has 1 N–H and O–H groups in total. The number of aryl methyl sites for hydroxylation is 1. The van der Waals surface area contributed by atoms with E-state index in [2.05, 4.69) is 25.5 Å². The summed E-state index contributed by atoms with van der Waals surface area (Å²) in [5, 5.41) is 16.0. The van der Waals surface area contributed by atoms with Crippen LogP contribution in [0.5, 0.6) is 5.88 Å². The smallest absolute Gasteiger partial charge is 0.335 e. The Morgan fingerprint density at radius 2 is 1.83 bits per heavy atom. The Morgan fingerprint density at radius 1 is 1.03 bits per heavy atom. The number of hydrogen-bond donors (Lipinski definition) is 1. The molecule has 0 saturated carbocycles. The number of rotatable bonds is 5. The second-order valence-electron chi connectivity index (χ2n) is 8.08. The van der Waals surface area contributed by atoms with Crippen LogP contribution in [0.15, 0.2) is 54.7 Å². The van der Waals surface area contributed by atoms with Crippen molar-refractivity contribution in [2.75, 3.05) is 16.4 Å². The molecule has 3 aromatic heterocycles. The molecule has 0 radical (unpaired) electrons. The largest absolute Gasteiger partial charge is 0.472 e. The first-order valence-corrected chi connectivity index (χ1v) is 10.7. The fraction of sp³-hybridized carbons (Fsp3) is 0.174. The van der Waals surface area contributed by atoms with Crippen LogP contribution in [0, 0.1) is 0 Å². The number of halogens is 2. The molecule has 0 bridgehead atoms. The quantitative estimate of drug-likeness (QED) is 0.408. The maximum Gasteiger partial charge on any atom is 0.335 e. The highest BCUT2D eigenvalue weighted by atomic mass is 19.3. The number of aromatic amines is 1. The monoisotopic (exact) mass is 476 g/mol. The van der Waals surface area contributed by atoms with Crippen LogP contribution < -0.4 is 14.5 Å². The number of amides is 2. The zero-order chi connectivity index (χ0) is 24.1. The van der Waals surface area contributed by atoms with Crippen LogP contribution in [0.1, 0.15) is 5.56 Å². The third-order valence-electron chi connectivity index (χ3n) is 5.72. The van der Waals surface area contributed by atoms with Gasteiger partial charge in [-0.3, -0.25) is 9.58 Å². The van der Waals surface area contributed by atoms with Crippen LogP contribution in [-0.4, -0.2) is 49.2 Å². The molecule has 2 amide bonds. The summed E-state index contributed by atoms with van der Waals surface area (Å²) in [4.78, 5) is 21.3. The third-order valence-corrected chi connectivity index (χ3v) is 5.72. The normalized spacial score (nSPS) is 13.8. The summed E-state index contributed by atoms with van der Waals surface area (Å²) in [6.07, 6.45) is -0.760. The maximum absolute atomic E-state index is 13.9. The van der Waals surface area contributed by atoms with Gasteiger partial charge in [0.05, 0.1) is 17.7 Å². The number of hydrogen-bond acceptors (Lipinski definition) is 6. The van der Waals surface area contributed by atoms with Crippen molar-refractivity contribution >= 4 is 45.2 Å². The van der Waals surface area contributed by atoms with E-state index in [0.717, 1.165) is 16.5 Å². The summed E-state index contributed by atoms with van der Waals surface area (Å²) in [5.41, 5.74) is 3.93. The van der Waals surface area contributed by atoms with Gasteiger partial charge in [-0.2, -0.15) is 25.5 Å². The van der Waals surface area contributed by atoms with Crippen molar-refractivity contribution in [2.24, 2.45) is 7.05 Å². The number of carbonyl (C=O) groups is 1. The van der Waals surface area contributed by atoms with Crippen molar-refractivity contribution in [3.8, 4) is 5.88 Å². The van der Waals surface area contributed by atoms with Crippen molar-refractivity contribution in [3.63, 3.8) is 0 Å². The number of fused-ring (bicyclic) bond motifs is 3. The number of nitrogens with one attached hydrogen (secondary N) is 1. The van der Waals surface area contributed by atoms with Gasteiger partial charge in [0.2, 0.25) is 5.88 Å². The van der Waals surface area contributed by atoms with Gasteiger partial charge in [-0.25, -0.2) is 18.5 Å². The lowest BCUT2D eigenvalue weighted by Gasteiger charge is -2.36. The van der Waals surface area contributed by atoms with Crippen LogP contribution in [0.4, 0.5) is 30.8 Å². The number of nitrogens with zero attached hydrogens (tertiary/aromatic N) is 7. The van der Waals surface area contributed by atoms with Gasteiger partial charge < -0.3 is 4.74 Å². The topological polar surface area (TPSA) is 105 Å². The van der Waals surface area contributed by atoms with Crippen LogP contribution in [0.25, 0.3) is 21.9 Å². The summed E-state index contributed by atoms with van der Waals surface area (Å²) in [6, 6.07) is 13.7. The number of carbonyl (C=O) groups excluding carboxylic acids is 1. The minimum Gasteiger partial charge on any atom is -0.472 e. The van der Waals surface area contributed by atoms with Gasteiger partial charge in [0.25, 0.3) is 6.43 Å². The summed E-state index contributed by atoms with van der Waals surface area (Å²) in [7, 11) is 1.84. The van der Waals surface area contributed by atoms with Crippen LogP contribution >= 0.6 is 0 Å². The summed E-state index contributed by atoms with van der Waals surface area (Å²) in [6.45, 7) is -0.549. The molecule has 10 nitrogen and oxygen atoms in total. The lowest BCUT2D eigenvalue weighted by atomic mass is 10.1. The summed E-state index contributed by atoms with van der Waals surface area (Å²) < 4.78 is 32.2. The van der Waals surface area contributed by atoms with E-state index in [1.54, 1.807) is 33.8 Å². The van der Waals surface area contributed by atoms with E-state index in [9.17, 15) is 13.6 Å². The highest BCUT2D eigenvalue weighted by Crippen LogP contribution is 2.38. The molecule has 5 aromatic rings. The molecule has 2 aromatic carbocycles. The van der Waals surface area contributed by atoms with Crippen molar-refractivity contribution < 1.29 is 18.3 Å². The van der Waals surface area contributed by atoms with Crippen LogP contribution in [0.3, 0.4) is 0 Å². The van der Waals surface area contributed by atoms with Gasteiger partial charge >= 0.3 is 6.03 Å². The molecule has 1 aliphatic heterocycles. The van der Waals surface area contributed by atoms with E-state index in [1.165, 1.54) is 11.0 Å². The average molecular weight is 476 g/mol. The van der Waals surface area contributed by atoms with Crippen molar-refractivity contribution in [2.45, 2.75) is 13.0 Å². The predicted molar refractivity (Wildman–Crippen MR) is 124 cm³/mol. The number of benzene rings is 2. The lowest BCUT2D eigenvalue weighted by Crippen LogP contribution is -2.45. The first kappa shape index (κ1) is 21.0. The molecule has 12 heteroatoms. The van der Waals surface area contributed by atoms with Gasteiger partial charge in [-0.05, 0) is 42.5 Å². The fourth-order valence-electron chi connectivity index (χ4n) is 4.16. The first-order chi connectivity index (χ1) is 17.0. The maximum atomic E-state index is 13.9. The van der Waals surface area contributed by atoms with Gasteiger partial charge in [0.1, 0.15) is 16.9 Å². The lowest BCUT2D eigenvalue weighted by molar-refractivity contribution is 0.0796. The summed E-state index contributed by atoms with van der Waals surface area (Å²) >= 11 is 0. The van der Waals surface area contributed by atoms with E-state index < -0.39 is 13.0 Å². The van der Waals surface area contributed by atoms with E-state index in [0.29, 0.717) is 28.2 Å². The second-order valence-corrected chi connectivity index (χ2v) is 8.08. The van der Waals surface area contributed by atoms with Gasteiger partial charge in [0.15, 0.2) is 6.61 Å². The zero-order valence-corrected chi connectivity index (χ0v) is 18.4. The van der Waals surface area contributed by atoms with Gasteiger partial charge in [-0.15, -0.1) is 0 Å². The van der Waals surface area contributed by atoms with E-state index in [-0.39, 0.29) is 18.5 Å². The van der Waals surface area contributed by atoms with E-state index in [4.69, 9.17) is 4.74 Å². The second kappa shape index (κ2) is 8.01.